The van der Waals surface area contributed by atoms with Crippen molar-refractivity contribution >= 4 is 29.7 Å². The van der Waals surface area contributed by atoms with Crippen molar-refractivity contribution in [1.82, 2.24) is 20.8 Å². The number of hydrogen-bond acceptors (Lipinski definition) is 8. The van der Waals surface area contributed by atoms with Crippen LogP contribution in [0.25, 0.3) is 0 Å². The number of benzene rings is 1. The van der Waals surface area contributed by atoms with Gasteiger partial charge in [-0.2, -0.15) is 0 Å². The second kappa shape index (κ2) is 10.6. The van der Waals surface area contributed by atoms with Gasteiger partial charge in [0, 0.05) is 30.1 Å². The Balaban J connectivity index is 1.82. The van der Waals surface area contributed by atoms with Gasteiger partial charge in [0.15, 0.2) is 0 Å². The standard InChI is InChI=1S/C22H22N4O5S/c1-13-17(14(2)31-26-13)12-32-20-16(10-7-11-24-20)21(28)30-18(15-8-5-4-6-9-15)19(27)25-22(29)23-3/h4-11,18H,12H2,1-3H3,(H2,23,25,27,29). The van der Waals surface area contributed by atoms with E-state index in [0.717, 1.165) is 11.3 Å². The highest BCUT2D eigenvalue weighted by Crippen LogP contribution is 2.29. The molecule has 0 aliphatic heterocycles. The first-order valence-corrected chi connectivity index (χ1v) is 10.7. The van der Waals surface area contributed by atoms with E-state index in [4.69, 9.17) is 9.26 Å². The van der Waals surface area contributed by atoms with Gasteiger partial charge in [-0.15, -0.1) is 11.8 Å². The minimum Gasteiger partial charge on any atom is -0.444 e. The van der Waals surface area contributed by atoms with Gasteiger partial charge in [-0.1, -0.05) is 35.5 Å². The molecule has 3 aromatic rings. The number of imide groups is 1. The zero-order valence-electron chi connectivity index (χ0n) is 17.7. The lowest BCUT2D eigenvalue weighted by Gasteiger charge is -2.18. The van der Waals surface area contributed by atoms with Crippen LogP contribution in [0.2, 0.25) is 0 Å². The average Bonchev–Trinajstić information content (AvgIpc) is 3.13. The van der Waals surface area contributed by atoms with E-state index in [1.54, 1.807) is 48.7 Å². The Morgan fingerprint density at radius 3 is 2.53 bits per heavy atom. The first-order valence-electron chi connectivity index (χ1n) is 9.68. The summed E-state index contributed by atoms with van der Waals surface area (Å²) in [5.74, 6) is -0.305. The predicted octanol–water partition coefficient (Wildman–Crippen LogP) is 3.33. The molecule has 3 amide bonds. The number of carbonyl (C=O) groups excluding carboxylic acids is 3. The number of esters is 1. The lowest BCUT2D eigenvalue weighted by atomic mass is 10.1. The summed E-state index contributed by atoms with van der Waals surface area (Å²) in [6, 6.07) is 10.9. The van der Waals surface area contributed by atoms with Crippen LogP contribution in [-0.4, -0.2) is 35.1 Å². The zero-order chi connectivity index (χ0) is 23.1. The molecule has 32 heavy (non-hydrogen) atoms. The van der Waals surface area contributed by atoms with E-state index in [1.165, 1.54) is 18.8 Å². The molecule has 0 aliphatic carbocycles. The Hall–Kier alpha value is -3.66. The number of urea groups is 1. The Morgan fingerprint density at radius 1 is 1.12 bits per heavy atom. The maximum absolute atomic E-state index is 13.0. The maximum Gasteiger partial charge on any atom is 0.342 e. The molecule has 1 unspecified atom stereocenters. The molecule has 2 N–H and O–H groups in total. The quantitative estimate of drug-likeness (QED) is 0.412. The molecular weight excluding hydrogens is 432 g/mol. The largest absolute Gasteiger partial charge is 0.444 e. The molecule has 3 rings (SSSR count). The molecule has 0 aliphatic rings. The van der Waals surface area contributed by atoms with Crippen LogP contribution in [-0.2, 0) is 15.3 Å². The third-order valence-electron chi connectivity index (χ3n) is 4.55. The molecule has 0 saturated carbocycles. The van der Waals surface area contributed by atoms with E-state index < -0.39 is 24.0 Å². The molecule has 0 saturated heterocycles. The fourth-order valence-corrected chi connectivity index (χ4v) is 3.96. The highest BCUT2D eigenvalue weighted by Gasteiger charge is 2.28. The van der Waals surface area contributed by atoms with Gasteiger partial charge in [0.1, 0.15) is 10.8 Å². The fourth-order valence-electron chi connectivity index (χ4n) is 2.82. The minimum absolute atomic E-state index is 0.206. The number of amides is 3. The number of pyridine rings is 1. The van der Waals surface area contributed by atoms with E-state index in [2.05, 4.69) is 20.8 Å². The maximum atomic E-state index is 13.0. The van der Waals surface area contributed by atoms with Crippen LogP contribution in [0.5, 0.6) is 0 Å². The van der Waals surface area contributed by atoms with Crippen molar-refractivity contribution in [3.63, 3.8) is 0 Å². The molecule has 0 spiro atoms. The Morgan fingerprint density at radius 2 is 1.88 bits per heavy atom. The van der Waals surface area contributed by atoms with Crippen LogP contribution in [0, 0.1) is 13.8 Å². The molecule has 0 bridgehead atoms. The van der Waals surface area contributed by atoms with E-state index in [1.807, 2.05) is 13.8 Å². The van der Waals surface area contributed by atoms with E-state index in [9.17, 15) is 14.4 Å². The SMILES string of the molecule is CNC(=O)NC(=O)C(OC(=O)c1cccnc1SCc1c(C)noc1C)c1ccccc1. The van der Waals surface area contributed by atoms with Gasteiger partial charge in [-0.05, 0) is 26.0 Å². The Bertz CT molecular complexity index is 1100. The normalized spacial score (nSPS) is 11.5. The Kier molecular flexibility index (Phi) is 7.61. The van der Waals surface area contributed by atoms with E-state index in [-0.39, 0.29) is 5.56 Å². The van der Waals surface area contributed by atoms with Crippen molar-refractivity contribution in [2.24, 2.45) is 0 Å². The average molecular weight is 455 g/mol. The van der Waals surface area contributed by atoms with Gasteiger partial charge in [-0.3, -0.25) is 10.1 Å². The van der Waals surface area contributed by atoms with Crippen molar-refractivity contribution in [1.29, 1.82) is 0 Å². The number of aromatic nitrogens is 2. The van der Waals surface area contributed by atoms with Gasteiger partial charge in [0.25, 0.3) is 5.91 Å². The van der Waals surface area contributed by atoms with Gasteiger partial charge >= 0.3 is 12.0 Å². The van der Waals surface area contributed by atoms with Crippen LogP contribution >= 0.6 is 11.8 Å². The molecule has 166 valence electrons. The molecule has 0 fully saturated rings. The number of aryl methyl sites for hydroxylation is 2. The van der Waals surface area contributed by atoms with Crippen molar-refractivity contribution in [3.8, 4) is 0 Å². The molecule has 1 atom stereocenters. The lowest BCUT2D eigenvalue weighted by Crippen LogP contribution is -2.41. The summed E-state index contributed by atoms with van der Waals surface area (Å²) in [6.45, 7) is 3.66. The Labute approximate surface area is 188 Å². The number of nitrogens with one attached hydrogen (secondary N) is 2. The van der Waals surface area contributed by atoms with Gasteiger partial charge in [0.2, 0.25) is 6.10 Å². The van der Waals surface area contributed by atoms with Gasteiger partial charge in [-0.25, -0.2) is 14.6 Å². The van der Waals surface area contributed by atoms with E-state index >= 15 is 0 Å². The minimum atomic E-state index is -1.32. The van der Waals surface area contributed by atoms with Crippen molar-refractivity contribution in [2.75, 3.05) is 7.05 Å². The number of carbonyl (C=O) groups is 3. The number of ether oxygens (including phenoxy) is 1. The highest BCUT2D eigenvalue weighted by molar-refractivity contribution is 7.98. The summed E-state index contributed by atoms with van der Waals surface area (Å²) in [6.07, 6.45) is 0.251. The monoisotopic (exact) mass is 454 g/mol. The topological polar surface area (TPSA) is 123 Å². The highest BCUT2D eigenvalue weighted by atomic mass is 32.2. The van der Waals surface area contributed by atoms with Crippen molar-refractivity contribution in [2.45, 2.75) is 30.7 Å². The molecule has 9 nitrogen and oxygen atoms in total. The summed E-state index contributed by atoms with van der Waals surface area (Å²) in [5.41, 5.74) is 2.33. The predicted molar refractivity (Wildman–Crippen MR) is 117 cm³/mol. The van der Waals surface area contributed by atoms with Crippen LogP contribution < -0.4 is 10.6 Å². The van der Waals surface area contributed by atoms with Crippen LogP contribution in [0.1, 0.15) is 39.0 Å². The zero-order valence-corrected chi connectivity index (χ0v) is 18.6. The number of thioether (sulfide) groups is 1. The summed E-state index contributed by atoms with van der Waals surface area (Å²) in [5, 5.41) is 8.82. The number of nitrogens with zero attached hydrogens (tertiary/aromatic N) is 2. The summed E-state index contributed by atoms with van der Waals surface area (Å²) < 4.78 is 10.7. The molecule has 2 aromatic heterocycles. The summed E-state index contributed by atoms with van der Waals surface area (Å²) in [4.78, 5) is 41.6. The molecule has 1 aromatic carbocycles. The van der Waals surface area contributed by atoms with Gasteiger partial charge in [0.05, 0.1) is 11.3 Å². The molecule has 10 heteroatoms. The third-order valence-corrected chi connectivity index (χ3v) is 5.59. The van der Waals surface area contributed by atoms with Crippen LogP contribution in [0.15, 0.2) is 58.2 Å². The van der Waals surface area contributed by atoms with Crippen molar-refractivity contribution < 1.29 is 23.6 Å². The number of rotatable bonds is 7. The second-order valence-electron chi connectivity index (χ2n) is 6.71. The smallest absolute Gasteiger partial charge is 0.342 e. The van der Waals surface area contributed by atoms with E-state index in [0.29, 0.717) is 22.1 Å². The first kappa shape index (κ1) is 23.0. The van der Waals surface area contributed by atoms with Crippen molar-refractivity contribution in [3.05, 3.63) is 76.8 Å². The summed E-state index contributed by atoms with van der Waals surface area (Å²) >= 11 is 1.33. The van der Waals surface area contributed by atoms with Gasteiger partial charge < -0.3 is 14.6 Å². The first-order chi connectivity index (χ1) is 15.4. The molecular formula is C22H22N4O5S. The molecule has 0 radical (unpaired) electrons. The van der Waals surface area contributed by atoms with Crippen LogP contribution in [0.4, 0.5) is 4.79 Å². The third kappa shape index (κ3) is 5.52. The molecule has 2 heterocycles. The number of hydrogen-bond donors (Lipinski definition) is 2. The van der Waals surface area contributed by atoms with Crippen LogP contribution in [0.3, 0.4) is 0 Å². The lowest BCUT2D eigenvalue weighted by molar-refractivity contribution is -0.129. The second-order valence-corrected chi connectivity index (χ2v) is 7.68. The fraction of sp³-hybridized carbons (Fsp3) is 0.227. The summed E-state index contributed by atoms with van der Waals surface area (Å²) in [7, 11) is 1.38.